The number of anilines is 2. The van der Waals surface area contributed by atoms with E-state index in [4.69, 9.17) is 0 Å². The van der Waals surface area contributed by atoms with Gasteiger partial charge in [-0.1, -0.05) is 5.21 Å². The highest BCUT2D eigenvalue weighted by Gasteiger charge is 2.16. The van der Waals surface area contributed by atoms with Crippen LogP contribution in [0.4, 0.5) is 17.5 Å². The van der Waals surface area contributed by atoms with Gasteiger partial charge in [0.2, 0.25) is 11.8 Å². The van der Waals surface area contributed by atoms with Gasteiger partial charge in [-0.3, -0.25) is 14.8 Å². The maximum Gasteiger partial charge on any atom is 0.329 e. The van der Waals surface area contributed by atoms with E-state index in [9.17, 15) is 10.1 Å². The summed E-state index contributed by atoms with van der Waals surface area (Å²) in [5.74, 6) is 0.530. The first-order valence-electron chi connectivity index (χ1n) is 5.98. The fraction of sp³-hybridized carbons (Fsp3) is 0.400. The summed E-state index contributed by atoms with van der Waals surface area (Å²) in [5, 5.41) is 24.1. The van der Waals surface area contributed by atoms with Crippen LogP contribution in [0.5, 0.6) is 0 Å². The van der Waals surface area contributed by atoms with E-state index < -0.39 is 4.92 Å². The van der Waals surface area contributed by atoms with Gasteiger partial charge in [-0.05, 0) is 6.42 Å². The minimum absolute atomic E-state index is 0.148. The van der Waals surface area contributed by atoms with Gasteiger partial charge in [-0.2, -0.15) is 4.98 Å². The second kappa shape index (κ2) is 6.41. The number of hydrogen-bond acceptors (Lipinski definition) is 8. The lowest BCUT2D eigenvalue weighted by molar-refractivity contribution is -0.384. The highest BCUT2D eigenvalue weighted by Crippen LogP contribution is 2.21. The largest absolute Gasteiger partial charge is 0.364 e. The van der Waals surface area contributed by atoms with E-state index in [1.54, 1.807) is 24.1 Å². The summed E-state index contributed by atoms with van der Waals surface area (Å²) in [7, 11) is 1.65. The molecule has 0 saturated heterocycles. The van der Waals surface area contributed by atoms with Crippen molar-refractivity contribution in [3.05, 3.63) is 28.7 Å². The molecule has 2 aromatic rings. The molecule has 0 fully saturated rings. The Morgan fingerprint density at radius 1 is 1.50 bits per heavy atom. The summed E-state index contributed by atoms with van der Waals surface area (Å²) in [6.45, 7) is 1.20. The van der Waals surface area contributed by atoms with Crippen molar-refractivity contribution in [3.63, 3.8) is 0 Å². The highest BCUT2D eigenvalue weighted by molar-refractivity contribution is 5.56. The minimum atomic E-state index is -0.515. The fourth-order valence-electron chi connectivity index (χ4n) is 1.56. The maximum absolute atomic E-state index is 10.9. The molecule has 0 amide bonds. The molecule has 0 radical (unpaired) electrons. The smallest absolute Gasteiger partial charge is 0.329 e. The lowest BCUT2D eigenvalue weighted by Crippen LogP contribution is -2.11. The number of hydrogen-bond donors (Lipinski definition) is 2. The summed E-state index contributed by atoms with van der Waals surface area (Å²) < 4.78 is 1.69. The zero-order valence-corrected chi connectivity index (χ0v) is 10.9. The monoisotopic (exact) mass is 278 g/mol. The number of nitrogens with one attached hydrogen (secondary N) is 2. The standard InChI is InChI=1S/C10H14N8O2/c1-11-10-13-7-8(18(19)20)9(15-10)12-3-2-5-17-6-4-14-16-17/h4,6-7H,2-3,5H2,1H3,(H2,11,12,13,15). The quantitative estimate of drug-likeness (QED) is 0.426. The molecule has 106 valence electrons. The Hall–Kier alpha value is -2.78. The Kier molecular flexibility index (Phi) is 4.37. The molecule has 10 nitrogen and oxygen atoms in total. The van der Waals surface area contributed by atoms with Crippen molar-refractivity contribution in [3.8, 4) is 0 Å². The molecule has 0 aromatic carbocycles. The maximum atomic E-state index is 10.9. The Balaban J connectivity index is 1.95. The zero-order valence-electron chi connectivity index (χ0n) is 10.9. The third kappa shape index (κ3) is 3.37. The Labute approximate surface area is 114 Å². The molecule has 0 aliphatic heterocycles. The van der Waals surface area contributed by atoms with Gasteiger partial charge in [0.1, 0.15) is 6.20 Å². The van der Waals surface area contributed by atoms with Crippen LogP contribution in [-0.2, 0) is 6.54 Å². The molecule has 0 aliphatic carbocycles. The highest BCUT2D eigenvalue weighted by atomic mass is 16.6. The van der Waals surface area contributed by atoms with E-state index in [0.29, 0.717) is 19.0 Å². The average Bonchev–Trinajstić information content (AvgIpc) is 2.96. The van der Waals surface area contributed by atoms with Gasteiger partial charge in [0.25, 0.3) is 0 Å². The van der Waals surface area contributed by atoms with Crippen molar-refractivity contribution in [1.82, 2.24) is 25.0 Å². The van der Waals surface area contributed by atoms with Crippen LogP contribution < -0.4 is 10.6 Å². The van der Waals surface area contributed by atoms with Crippen molar-refractivity contribution in [2.45, 2.75) is 13.0 Å². The first-order chi connectivity index (χ1) is 9.70. The molecular weight excluding hydrogens is 264 g/mol. The molecule has 2 aromatic heterocycles. The van der Waals surface area contributed by atoms with Crippen molar-refractivity contribution < 1.29 is 4.92 Å². The van der Waals surface area contributed by atoms with E-state index in [1.807, 2.05) is 0 Å². The Morgan fingerprint density at radius 3 is 3.00 bits per heavy atom. The summed E-state index contributed by atoms with van der Waals surface area (Å²) >= 11 is 0. The topological polar surface area (TPSA) is 124 Å². The van der Waals surface area contributed by atoms with Crippen molar-refractivity contribution >= 4 is 17.5 Å². The zero-order chi connectivity index (χ0) is 14.4. The number of rotatable bonds is 7. The lowest BCUT2D eigenvalue weighted by Gasteiger charge is -2.07. The Bertz CT molecular complexity index is 571. The molecule has 0 saturated carbocycles. The predicted molar refractivity (Wildman–Crippen MR) is 71.4 cm³/mol. The molecule has 0 unspecified atom stereocenters. The molecule has 0 atom stereocenters. The second-order valence-electron chi connectivity index (χ2n) is 3.88. The first kappa shape index (κ1) is 13.6. The van der Waals surface area contributed by atoms with E-state index in [0.717, 1.165) is 6.42 Å². The van der Waals surface area contributed by atoms with E-state index in [-0.39, 0.29) is 11.5 Å². The summed E-state index contributed by atoms with van der Waals surface area (Å²) in [5.41, 5.74) is -0.148. The van der Waals surface area contributed by atoms with E-state index in [2.05, 4.69) is 30.9 Å². The van der Waals surface area contributed by atoms with Crippen molar-refractivity contribution in [2.75, 3.05) is 24.2 Å². The van der Waals surface area contributed by atoms with Gasteiger partial charge >= 0.3 is 5.69 Å². The molecule has 2 heterocycles. The van der Waals surface area contributed by atoms with Crippen LogP contribution in [0, 0.1) is 10.1 Å². The van der Waals surface area contributed by atoms with Crippen LogP contribution in [0.2, 0.25) is 0 Å². The third-order valence-corrected chi connectivity index (χ3v) is 2.52. The molecule has 0 aliphatic rings. The van der Waals surface area contributed by atoms with Crippen LogP contribution in [-0.4, -0.2) is 43.5 Å². The summed E-state index contributed by atoms with van der Waals surface area (Å²) in [4.78, 5) is 18.2. The van der Waals surface area contributed by atoms with Crippen LogP contribution >= 0.6 is 0 Å². The minimum Gasteiger partial charge on any atom is -0.364 e. The number of nitro groups is 1. The van der Waals surface area contributed by atoms with Gasteiger partial charge in [0, 0.05) is 26.3 Å². The first-order valence-corrected chi connectivity index (χ1v) is 5.98. The predicted octanol–water partition coefficient (Wildman–Crippen LogP) is 0.520. The van der Waals surface area contributed by atoms with E-state index in [1.165, 1.54) is 6.20 Å². The molecular formula is C10H14N8O2. The van der Waals surface area contributed by atoms with Crippen LogP contribution in [0.1, 0.15) is 6.42 Å². The van der Waals surface area contributed by atoms with Crippen LogP contribution in [0.25, 0.3) is 0 Å². The molecule has 0 spiro atoms. The van der Waals surface area contributed by atoms with E-state index >= 15 is 0 Å². The lowest BCUT2D eigenvalue weighted by atomic mass is 10.4. The van der Waals surface area contributed by atoms with Crippen molar-refractivity contribution in [1.29, 1.82) is 0 Å². The van der Waals surface area contributed by atoms with Gasteiger partial charge in [0.05, 0.1) is 11.1 Å². The second-order valence-corrected chi connectivity index (χ2v) is 3.88. The van der Waals surface area contributed by atoms with Gasteiger partial charge < -0.3 is 10.6 Å². The SMILES string of the molecule is CNc1ncc([N+](=O)[O-])c(NCCCn2ccnn2)n1. The average molecular weight is 278 g/mol. The number of aromatic nitrogens is 5. The summed E-state index contributed by atoms with van der Waals surface area (Å²) in [6, 6.07) is 0. The number of aryl methyl sites for hydroxylation is 1. The molecule has 2 rings (SSSR count). The third-order valence-electron chi connectivity index (χ3n) is 2.52. The van der Waals surface area contributed by atoms with Gasteiger partial charge in [0.15, 0.2) is 0 Å². The molecule has 2 N–H and O–H groups in total. The molecule has 0 bridgehead atoms. The summed E-state index contributed by atoms with van der Waals surface area (Å²) in [6.07, 6.45) is 5.27. The van der Waals surface area contributed by atoms with Crippen LogP contribution in [0.15, 0.2) is 18.6 Å². The normalized spacial score (nSPS) is 10.2. The van der Waals surface area contributed by atoms with Gasteiger partial charge in [-0.15, -0.1) is 5.10 Å². The molecule has 20 heavy (non-hydrogen) atoms. The van der Waals surface area contributed by atoms with Gasteiger partial charge in [-0.25, -0.2) is 4.98 Å². The van der Waals surface area contributed by atoms with Crippen molar-refractivity contribution in [2.24, 2.45) is 0 Å². The fourth-order valence-corrected chi connectivity index (χ4v) is 1.56. The molecule has 10 heteroatoms. The van der Waals surface area contributed by atoms with Crippen LogP contribution in [0.3, 0.4) is 0 Å². The number of nitrogens with zero attached hydrogens (tertiary/aromatic N) is 6. The Morgan fingerprint density at radius 2 is 2.35 bits per heavy atom.